The molecule has 0 radical (unpaired) electrons. The van der Waals surface area contributed by atoms with Gasteiger partial charge in [0.05, 0.1) is 30.7 Å². The monoisotopic (exact) mass is 482 g/mol. The van der Waals surface area contributed by atoms with Crippen LogP contribution in [0, 0.1) is 6.92 Å². The van der Waals surface area contributed by atoms with Gasteiger partial charge in [0.15, 0.2) is 0 Å². The second-order valence-corrected chi connectivity index (χ2v) is 11.4. The first-order valence-electron chi connectivity index (χ1n) is 11.4. The number of aryl methyl sites for hydroxylation is 1. The lowest BCUT2D eigenvalue weighted by Crippen LogP contribution is -2.48. The minimum atomic E-state index is -3.71. The molecule has 34 heavy (non-hydrogen) atoms. The summed E-state index contributed by atoms with van der Waals surface area (Å²) in [5.41, 5.74) is 3.02. The Hall–Kier alpha value is -3.13. The van der Waals surface area contributed by atoms with E-state index in [9.17, 15) is 13.2 Å². The Morgan fingerprint density at radius 3 is 2.26 bits per heavy atom. The van der Waals surface area contributed by atoms with E-state index in [1.54, 1.807) is 15.7 Å². The number of urea groups is 1. The Labute approximate surface area is 202 Å². The molecule has 0 aliphatic heterocycles. The molecule has 0 unspecified atom stereocenters. The lowest BCUT2D eigenvalue weighted by atomic mass is 10.1. The highest BCUT2D eigenvalue weighted by Gasteiger charge is 2.26. The summed E-state index contributed by atoms with van der Waals surface area (Å²) in [6.45, 7) is 10.7. The lowest BCUT2D eigenvalue weighted by molar-refractivity contribution is 0.187. The molecule has 1 aromatic heterocycles. The number of imidazole rings is 1. The molecule has 7 nitrogen and oxygen atoms in total. The van der Waals surface area contributed by atoms with Crippen LogP contribution in [0.5, 0.6) is 0 Å². The standard InChI is InChI=1S/C26H34N4O3S/c1-6-29(24(31)28-26(3,4)5)18-23-16-27-25(30(23)17-21-10-8-7-9-11-21)34(32,33)19-22-14-12-20(2)13-15-22/h7-16H,6,17-19H2,1-5H3,(H,28,31). The fraction of sp³-hybridized carbons (Fsp3) is 0.385. The van der Waals surface area contributed by atoms with E-state index < -0.39 is 9.84 Å². The number of nitrogens with zero attached hydrogens (tertiary/aromatic N) is 3. The molecule has 0 fully saturated rings. The number of benzene rings is 2. The van der Waals surface area contributed by atoms with Crippen LogP contribution in [0.1, 0.15) is 50.1 Å². The van der Waals surface area contributed by atoms with E-state index in [4.69, 9.17) is 0 Å². The van der Waals surface area contributed by atoms with Crippen LogP contribution in [0.4, 0.5) is 4.79 Å². The molecule has 1 N–H and O–H groups in total. The molecule has 0 aliphatic rings. The van der Waals surface area contributed by atoms with Crippen molar-refractivity contribution in [2.45, 2.75) is 64.2 Å². The molecular formula is C26H34N4O3S. The third-order valence-electron chi connectivity index (χ3n) is 5.34. The highest BCUT2D eigenvalue weighted by Crippen LogP contribution is 2.21. The maximum absolute atomic E-state index is 13.4. The molecule has 2 amide bonds. The van der Waals surface area contributed by atoms with Gasteiger partial charge in [-0.2, -0.15) is 0 Å². The SMILES string of the molecule is CCN(Cc1cnc(S(=O)(=O)Cc2ccc(C)cc2)n1Cc1ccccc1)C(=O)NC(C)(C)C. The van der Waals surface area contributed by atoms with Gasteiger partial charge in [0.25, 0.3) is 0 Å². The van der Waals surface area contributed by atoms with E-state index in [1.807, 2.05) is 89.2 Å². The van der Waals surface area contributed by atoms with E-state index in [-0.39, 0.29) is 29.0 Å². The van der Waals surface area contributed by atoms with Crippen molar-refractivity contribution in [3.8, 4) is 0 Å². The van der Waals surface area contributed by atoms with Crippen molar-refractivity contribution >= 4 is 15.9 Å². The smallest absolute Gasteiger partial charge is 0.318 e. The number of carbonyl (C=O) groups is 1. The van der Waals surface area contributed by atoms with E-state index >= 15 is 0 Å². The Balaban J connectivity index is 1.97. The highest BCUT2D eigenvalue weighted by atomic mass is 32.2. The summed E-state index contributed by atoms with van der Waals surface area (Å²) >= 11 is 0. The van der Waals surface area contributed by atoms with Crippen LogP contribution < -0.4 is 5.32 Å². The fourth-order valence-corrected chi connectivity index (χ4v) is 5.08. The Morgan fingerprint density at radius 2 is 1.68 bits per heavy atom. The minimum absolute atomic E-state index is 0.0132. The van der Waals surface area contributed by atoms with Crippen molar-refractivity contribution in [1.29, 1.82) is 0 Å². The number of amides is 2. The van der Waals surface area contributed by atoms with Crippen molar-refractivity contribution in [3.05, 3.63) is 83.2 Å². The minimum Gasteiger partial charge on any atom is -0.333 e. The zero-order valence-electron chi connectivity index (χ0n) is 20.6. The summed E-state index contributed by atoms with van der Waals surface area (Å²) in [5.74, 6) is -0.138. The van der Waals surface area contributed by atoms with Gasteiger partial charge in [0, 0.05) is 12.1 Å². The van der Waals surface area contributed by atoms with Crippen LogP contribution in [-0.4, -0.2) is 41.0 Å². The molecule has 8 heteroatoms. The van der Waals surface area contributed by atoms with Gasteiger partial charge in [0.1, 0.15) is 0 Å². The molecule has 0 saturated heterocycles. The molecule has 0 aliphatic carbocycles. The van der Waals surface area contributed by atoms with Crippen molar-refractivity contribution in [3.63, 3.8) is 0 Å². The van der Waals surface area contributed by atoms with Crippen molar-refractivity contribution < 1.29 is 13.2 Å². The first kappa shape index (κ1) is 25.5. The van der Waals surface area contributed by atoms with E-state index in [0.29, 0.717) is 24.3 Å². The normalized spacial score (nSPS) is 11.9. The second-order valence-electron chi connectivity index (χ2n) is 9.54. The van der Waals surface area contributed by atoms with Gasteiger partial charge in [-0.1, -0.05) is 60.2 Å². The third kappa shape index (κ3) is 6.70. The van der Waals surface area contributed by atoms with Crippen LogP contribution in [0.3, 0.4) is 0 Å². The summed E-state index contributed by atoms with van der Waals surface area (Å²) in [7, 11) is -3.71. The first-order chi connectivity index (χ1) is 16.0. The molecule has 0 atom stereocenters. The third-order valence-corrected chi connectivity index (χ3v) is 6.94. The maximum atomic E-state index is 13.4. The number of hydrogen-bond donors (Lipinski definition) is 1. The van der Waals surface area contributed by atoms with Crippen molar-refractivity contribution in [2.24, 2.45) is 0 Å². The average molecular weight is 483 g/mol. The molecule has 0 bridgehead atoms. The lowest BCUT2D eigenvalue weighted by Gasteiger charge is -2.28. The Bertz CT molecular complexity index is 1210. The molecule has 1 heterocycles. The zero-order valence-corrected chi connectivity index (χ0v) is 21.4. The van der Waals surface area contributed by atoms with Gasteiger partial charge in [-0.15, -0.1) is 0 Å². The summed E-state index contributed by atoms with van der Waals surface area (Å²) in [5, 5.41) is 2.99. The largest absolute Gasteiger partial charge is 0.333 e. The topological polar surface area (TPSA) is 84.3 Å². The van der Waals surface area contributed by atoms with Gasteiger partial charge in [-0.25, -0.2) is 18.2 Å². The number of sulfone groups is 1. The van der Waals surface area contributed by atoms with E-state index in [1.165, 1.54) is 0 Å². The molecule has 0 saturated carbocycles. The number of carbonyl (C=O) groups excluding carboxylic acids is 1. The average Bonchev–Trinajstić information content (AvgIpc) is 3.16. The maximum Gasteiger partial charge on any atom is 0.318 e. The number of aromatic nitrogens is 2. The summed E-state index contributed by atoms with van der Waals surface area (Å²) in [4.78, 5) is 18.8. The highest BCUT2D eigenvalue weighted by molar-refractivity contribution is 7.90. The van der Waals surface area contributed by atoms with Gasteiger partial charge in [0.2, 0.25) is 15.0 Å². The molecule has 2 aromatic carbocycles. The van der Waals surface area contributed by atoms with E-state index in [0.717, 1.165) is 11.1 Å². The second kappa shape index (κ2) is 10.4. The molecule has 0 spiro atoms. The Morgan fingerprint density at radius 1 is 1.03 bits per heavy atom. The number of hydrogen-bond acceptors (Lipinski definition) is 4. The van der Waals surface area contributed by atoms with Gasteiger partial charge in [-0.05, 0) is 45.7 Å². The predicted octanol–water partition coefficient (Wildman–Crippen LogP) is 4.54. The van der Waals surface area contributed by atoms with Crippen LogP contribution in [-0.2, 0) is 28.7 Å². The van der Waals surface area contributed by atoms with Crippen LogP contribution >= 0.6 is 0 Å². The fourth-order valence-electron chi connectivity index (χ4n) is 3.59. The first-order valence-corrected chi connectivity index (χ1v) is 13.1. The molecular weight excluding hydrogens is 448 g/mol. The van der Waals surface area contributed by atoms with Gasteiger partial charge in [-0.3, -0.25) is 0 Å². The zero-order chi connectivity index (χ0) is 24.9. The van der Waals surface area contributed by atoms with Crippen LogP contribution in [0.25, 0.3) is 0 Å². The van der Waals surface area contributed by atoms with E-state index in [2.05, 4.69) is 10.3 Å². The summed E-state index contributed by atoms with van der Waals surface area (Å²) in [6, 6.07) is 16.9. The number of nitrogens with one attached hydrogen (secondary N) is 1. The summed E-state index contributed by atoms with van der Waals surface area (Å²) < 4.78 is 28.5. The quantitative estimate of drug-likeness (QED) is 0.511. The molecule has 182 valence electrons. The summed E-state index contributed by atoms with van der Waals surface area (Å²) in [6.07, 6.45) is 1.57. The van der Waals surface area contributed by atoms with Gasteiger partial charge < -0.3 is 14.8 Å². The number of rotatable bonds is 8. The van der Waals surface area contributed by atoms with Gasteiger partial charge >= 0.3 is 6.03 Å². The van der Waals surface area contributed by atoms with Crippen LogP contribution in [0.15, 0.2) is 66.0 Å². The predicted molar refractivity (Wildman–Crippen MR) is 134 cm³/mol. The van der Waals surface area contributed by atoms with Crippen molar-refractivity contribution in [2.75, 3.05) is 6.54 Å². The Kier molecular flexibility index (Phi) is 7.82. The molecule has 3 rings (SSSR count). The van der Waals surface area contributed by atoms with Crippen LogP contribution in [0.2, 0.25) is 0 Å². The molecule has 3 aromatic rings. The van der Waals surface area contributed by atoms with Crippen molar-refractivity contribution in [1.82, 2.24) is 19.8 Å².